The van der Waals surface area contributed by atoms with E-state index in [0.29, 0.717) is 18.4 Å². The fourth-order valence-electron chi connectivity index (χ4n) is 10.1. The Morgan fingerprint density at radius 2 is 1.76 bits per heavy atom. The molecule has 258 valence electrons. The topological polar surface area (TPSA) is 194 Å². The van der Waals surface area contributed by atoms with Crippen molar-refractivity contribution in [1.82, 2.24) is 0 Å². The molecule has 1 aliphatic heterocycles. The van der Waals surface area contributed by atoms with Gasteiger partial charge in [0.25, 0.3) is 0 Å². The highest BCUT2D eigenvalue weighted by Crippen LogP contribution is 2.73. The van der Waals surface area contributed by atoms with Gasteiger partial charge in [0.1, 0.15) is 30.2 Å². The lowest BCUT2D eigenvalue weighted by Crippen LogP contribution is -2.64. The molecule has 1 heterocycles. The monoisotopic (exact) mass is 648 g/mol. The number of ketones is 2. The molecular formula is C35H52O11. The maximum absolute atomic E-state index is 14.5. The van der Waals surface area contributed by atoms with Crippen LogP contribution in [0.5, 0.6) is 0 Å². The predicted octanol–water partition coefficient (Wildman–Crippen LogP) is 1.45. The van der Waals surface area contributed by atoms with Crippen LogP contribution in [-0.4, -0.2) is 102 Å². The lowest BCUT2D eigenvalue weighted by Gasteiger charge is -2.63. The summed E-state index contributed by atoms with van der Waals surface area (Å²) < 4.78 is 11.3. The van der Waals surface area contributed by atoms with Crippen LogP contribution in [0.4, 0.5) is 0 Å². The Labute approximate surface area is 270 Å². The van der Waals surface area contributed by atoms with E-state index in [1.165, 1.54) is 0 Å². The maximum atomic E-state index is 14.5. The quantitative estimate of drug-likeness (QED) is 0.198. The van der Waals surface area contributed by atoms with Crippen molar-refractivity contribution in [2.45, 2.75) is 129 Å². The minimum absolute atomic E-state index is 0.0490. The van der Waals surface area contributed by atoms with Crippen LogP contribution < -0.4 is 0 Å². The summed E-state index contributed by atoms with van der Waals surface area (Å²) in [4.78, 5) is 28.2. The predicted molar refractivity (Wildman–Crippen MR) is 166 cm³/mol. The van der Waals surface area contributed by atoms with Gasteiger partial charge in [0, 0.05) is 30.1 Å². The number of hydrogen-bond donors (Lipinski definition) is 7. The van der Waals surface area contributed by atoms with Gasteiger partial charge in [0.2, 0.25) is 6.29 Å². The third-order valence-electron chi connectivity index (χ3n) is 12.9. The van der Waals surface area contributed by atoms with Gasteiger partial charge in [-0.3, -0.25) is 9.59 Å². The van der Waals surface area contributed by atoms with Gasteiger partial charge in [0.05, 0.1) is 24.4 Å². The van der Waals surface area contributed by atoms with Crippen LogP contribution in [-0.2, 0) is 19.1 Å². The van der Waals surface area contributed by atoms with Crippen molar-refractivity contribution < 1.29 is 54.8 Å². The Hall–Kier alpha value is -1.96. The van der Waals surface area contributed by atoms with E-state index < -0.39 is 89.0 Å². The average Bonchev–Trinajstić information content (AvgIpc) is 3.18. The number of Topliss-reactive ketones (excluding diaryl/α,β-unsaturated/α-hetero) is 2. The minimum Gasteiger partial charge on any atom is -0.458 e. The molecule has 0 radical (unpaired) electrons. The Morgan fingerprint density at radius 1 is 1.11 bits per heavy atom. The Kier molecular flexibility index (Phi) is 9.12. The molecule has 1 saturated heterocycles. The van der Waals surface area contributed by atoms with Crippen molar-refractivity contribution in [2.24, 2.45) is 34.0 Å². The summed E-state index contributed by atoms with van der Waals surface area (Å²) in [6, 6.07) is 0. The zero-order valence-electron chi connectivity index (χ0n) is 27.9. The lowest BCUT2D eigenvalue weighted by molar-refractivity contribution is -0.291. The average molecular weight is 649 g/mol. The van der Waals surface area contributed by atoms with Crippen LogP contribution in [0.15, 0.2) is 34.6 Å². The summed E-state index contributed by atoms with van der Waals surface area (Å²) >= 11 is 0. The van der Waals surface area contributed by atoms with E-state index in [9.17, 15) is 45.3 Å². The molecule has 0 bridgehead atoms. The second kappa shape index (κ2) is 11.9. The van der Waals surface area contributed by atoms with E-state index in [-0.39, 0.29) is 36.7 Å². The van der Waals surface area contributed by atoms with Crippen LogP contribution in [0, 0.1) is 34.0 Å². The van der Waals surface area contributed by atoms with Crippen molar-refractivity contribution >= 4 is 11.6 Å². The summed E-state index contributed by atoms with van der Waals surface area (Å²) in [5.74, 6) is -2.03. The summed E-state index contributed by atoms with van der Waals surface area (Å²) in [5, 5.41) is 75.0. The van der Waals surface area contributed by atoms with Crippen molar-refractivity contribution in [2.75, 3.05) is 6.61 Å². The molecule has 1 unspecified atom stereocenters. The van der Waals surface area contributed by atoms with Crippen molar-refractivity contribution in [3.8, 4) is 0 Å². The van der Waals surface area contributed by atoms with Gasteiger partial charge in [-0.25, -0.2) is 0 Å². The first kappa shape index (κ1) is 35.3. The lowest BCUT2D eigenvalue weighted by atomic mass is 9.39. The fraction of sp³-hybridized carbons (Fsp3) is 0.771. The normalized spacial score (nSPS) is 46.0. The number of hydrogen-bond acceptors (Lipinski definition) is 11. The number of rotatable bonds is 7. The standard InChI is InChI=1S/C35H52O11/c1-16(2)8-11-24(39)35(7,44)30-21(38)13-32(4)23-10-9-18-17(3)29(46-31-28(43)27(42)26(41)22(15-36)45-31)20(37)12-19(18)34(23,6)25(40)14-33(30,32)5/h8-9,19,21-24,26-28,30-31,36,38-39,41-44H,10-15H2,1-7H3/t19-,21+,22+,23-,24?,26+,27-,28+,30-,31-,32-,33+,34-,35-/m0/s1. The zero-order chi connectivity index (χ0) is 34.3. The molecule has 5 rings (SSSR count). The highest BCUT2D eigenvalue weighted by Gasteiger charge is 2.74. The molecule has 11 heteroatoms. The molecule has 7 N–H and O–H groups in total. The Morgan fingerprint density at radius 3 is 2.37 bits per heavy atom. The Bertz CT molecular complexity index is 1340. The highest BCUT2D eigenvalue weighted by molar-refractivity contribution is 5.99. The molecule has 14 atom stereocenters. The number of ether oxygens (including phenoxy) is 2. The summed E-state index contributed by atoms with van der Waals surface area (Å²) in [5.41, 5.74) is -1.83. The Balaban J connectivity index is 1.49. The maximum Gasteiger partial charge on any atom is 0.229 e. The van der Waals surface area contributed by atoms with Gasteiger partial charge < -0.3 is 45.2 Å². The number of aliphatic hydroxyl groups excluding tert-OH is 6. The van der Waals surface area contributed by atoms with Crippen LogP contribution >= 0.6 is 0 Å². The third kappa shape index (κ3) is 5.00. The van der Waals surface area contributed by atoms with E-state index in [1.807, 2.05) is 39.8 Å². The molecule has 11 nitrogen and oxygen atoms in total. The molecule has 5 aliphatic rings. The van der Waals surface area contributed by atoms with Gasteiger partial charge in [-0.2, -0.15) is 0 Å². The van der Waals surface area contributed by atoms with E-state index >= 15 is 0 Å². The first-order valence-corrected chi connectivity index (χ1v) is 16.4. The first-order valence-electron chi connectivity index (χ1n) is 16.4. The van der Waals surface area contributed by atoms with Gasteiger partial charge >= 0.3 is 0 Å². The van der Waals surface area contributed by atoms with Gasteiger partial charge in [-0.05, 0) is 74.9 Å². The number of aliphatic hydroxyl groups is 7. The molecule has 0 aromatic carbocycles. The van der Waals surface area contributed by atoms with E-state index in [2.05, 4.69) is 6.92 Å². The smallest absolute Gasteiger partial charge is 0.229 e. The molecular weight excluding hydrogens is 596 g/mol. The molecule has 0 aromatic rings. The van der Waals surface area contributed by atoms with E-state index in [1.54, 1.807) is 13.8 Å². The van der Waals surface area contributed by atoms with Crippen LogP contribution in [0.2, 0.25) is 0 Å². The van der Waals surface area contributed by atoms with Crippen LogP contribution in [0.1, 0.15) is 80.6 Å². The van der Waals surface area contributed by atoms with Gasteiger partial charge in [-0.15, -0.1) is 0 Å². The molecule has 0 aromatic heterocycles. The van der Waals surface area contributed by atoms with Gasteiger partial charge in [-0.1, -0.05) is 38.5 Å². The summed E-state index contributed by atoms with van der Waals surface area (Å²) in [6.45, 7) is 12.4. The van der Waals surface area contributed by atoms with E-state index in [4.69, 9.17) is 9.47 Å². The number of fused-ring (bicyclic) bond motifs is 5. The highest BCUT2D eigenvalue weighted by atomic mass is 16.7. The zero-order valence-corrected chi connectivity index (χ0v) is 27.9. The van der Waals surface area contributed by atoms with Gasteiger partial charge in [0.15, 0.2) is 11.5 Å². The number of carbonyl (C=O) groups excluding carboxylic acids is 2. The van der Waals surface area contributed by atoms with E-state index in [0.717, 1.165) is 11.1 Å². The number of allylic oxidation sites excluding steroid dienone is 5. The van der Waals surface area contributed by atoms with Crippen molar-refractivity contribution in [1.29, 1.82) is 0 Å². The second-order valence-corrected chi connectivity index (χ2v) is 15.6. The number of carbonyl (C=O) groups is 2. The summed E-state index contributed by atoms with van der Waals surface area (Å²) in [7, 11) is 0. The summed E-state index contributed by atoms with van der Waals surface area (Å²) in [6.07, 6.45) is -4.81. The molecule has 2 saturated carbocycles. The first-order chi connectivity index (χ1) is 21.3. The molecule has 0 amide bonds. The fourth-order valence-corrected chi connectivity index (χ4v) is 10.1. The second-order valence-electron chi connectivity index (χ2n) is 15.6. The molecule has 0 spiro atoms. The molecule has 4 aliphatic carbocycles. The van der Waals surface area contributed by atoms with Crippen molar-refractivity contribution in [3.05, 3.63) is 34.6 Å². The SMILES string of the molecule is CC(C)=CCC(O)[C@](C)(O)[C@H]1[C@H](O)C[C@@]2(C)[C@@H]3CC=C4C(C)=C(O[C@@H]5O[C@H](CO)[C@@H](O)[C@H](O)[C@H]5O)C(=O)C[C@@H]4[C@]3(C)C(=O)C[C@]12C. The van der Waals surface area contributed by atoms with Crippen LogP contribution in [0.3, 0.4) is 0 Å². The van der Waals surface area contributed by atoms with Crippen LogP contribution in [0.25, 0.3) is 0 Å². The minimum atomic E-state index is -1.68. The third-order valence-corrected chi connectivity index (χ3v) is 12.9. The van der Waals surface area contributed by atoms with Crippen molar-refractivity contribution in [3.63, 3.8) is 0 Å². The largest absolute Gasteiger partial charge is 0.458 e. The molecule has 46 heavy (non-hydrogen) atoms. The molecule has 3 fully saturated rings.